The van der Waals surface area contributed by atoms with Gasteiger partial charge in [-0.05, 0) is 24.1 Å². The normalized spacial score (nSPS) is 12.3. The Morgan fingerprint density at radius 2 is 1.81 bits per heavy atom. The molecule has 2 aromatic heterocycles. The highest BCUT2D eigenvalue weighted by atomic mass is 19.4. The summed E-state index contributed by atoms with van der Waals surface area (Å²) in [5, 5.41) is 0. The molecule has 0 bridgehead atoms. The first-order valence-corrected chi connectivity index (χ1v) is 9.88. The molecule has 170 valence electrons. The summed E-state index contributed by atoms with van der Waals surface area (Å²) >= 11 is 0. The number of halogens is 5. The summed E-state index contributed by atoms with van der Waals surface area (Å²) in [5.41, 5.74) is 6.93. The van der Waals surface area contributed by atoms with Gasteiger partial charge in [0.25, 0.3) is 0 Å². The molecule has 2 N–H and O–H groups in total. The second-order valence-electron chi connectivity index (χ2n) is 7.61. The zero-order valence-corrected chi connectivity index (χ0v) is 17.1. The lowest BCUT2D eigenvalue weighted by Crippen LogP contribution is -2.24. The van der Waals surface area contributed by atoms with Gasteiger partial charge in [-0.25, -0.2) is 18.6 Å². The van der Waals surface area contributed by atoms with Crippen LogP contribution in [-0.2, 0) is 26.7 Å². The summed E-state index contributed by atoms with van der Waals surface area (Å²) < 4.78 is 70.1. The van der Waals surface area contributed by atoms with E-state index in [1.54, 1.807) is 22.8 Å². The minimum Gasteiger partial charge on any atom is -0.326 e. The lowest BCUT2D eigenvalue weighted by atomic mass is 10.2. The fraction of sp³-hybridized carbons (Fsp3) is 0.333. The molecule has 0 atom stereocenters. The molecule has 0 saturated heterocycles. The fourth-order valence-corrected chi connectivity index (χ4v) is 3.92. The Labute approximate surface area is 178 Å². The lowest BCUT2D eigenvalue weighted by Gasteiger charge is -2.11. The van der Waals surface area contributed by atoms with E-state index in [1.807, 2.05) is 0 Å². The first kappa shape index (κ1) is 22.0. The molecule has 0 spiro atoms. The molecular formula is C21H20F5N5O. The van der Waals surface area contributed by atoms with E-state index in [9.17, 15) is 26.7 Å². The van der Waals surface area contributed by atoms with Crippen LogP contribution in [0, 0.1) is 11.6 Å². The van der Waals surface area contributed by atoms with Gasteiger partial charge in [0, 0.05) is 38.7 Å². The van der Waals surface area contributed by atoms with Crippen LogP contribution in [0.25, 0.3) is 22.1 Å². The number of imidazole rings is 2. The van der Waals surface area contributed by atoms with Gasteiger partial charge in [0.1, 0.15) is 17.2 Å². The zero-order valence-electron chi connectivity index (χ0n) is 17.1. The van der Waals surface area contributed by atoms with Gasteiger partial charge in [-0.3, -0.25) is 9.13 Å². The zero-order chi connectivity index (χ0) is 23.2. The average molecular weight is 453 g/mol. The van der Waals surface area contributed by atoms with E-state index in [2.05, 4.69) is 4.98 Å². The SMILES string of the molecule is Cn1c(=O)n(Cc2nc3cc(CN)ccc3n2CCCC(F)(F)F)c2cc(F)cc(F)c21. The largest absolute Gasteiger partial charge is 0.389 e. The summed E-state index contributed by atoms with van der Waals surface area (Å²) in [6.07, 6.45) is -5.46. The van der Waals surface area contributed by atoms with Crippen molar-refractivity contribution in [3.8, 4) is 0 Å². The van der Waals surface area contributed by atoms with E-state index in [4.69, 9.17) is 5.73 Å². The van der Waals surface area contributed by atoms with Gasteiger partial charge in [0.05, 0.1) is 23.1 Å². The molecule has 0 aliphatic heterocycles. The third-order valence-corrected chi connectivity index (χ3v) is 5.42. The summed E-state index contributed by atoms with van der Waals surface area (Å²) in [7, 11) is 1.36. The van der Waals surface area contributed by atoms with Crippen LogP contribution >= 0.6 is 0 Å². The van der Waals surface area contributed by atoms with E-state index < -0.39 is 29.9 Å². The smallest absolute Gasteiger partial charge is 0.326 e. The van der Waals surface area contributed by atoms with Crippen molar-refractivity contribution in [2.75, 3.05) is 0 Å². The number of rotatable bonds is 6. The number of nitrogens with two attached hydrogens (primary N) is 1. The van der Waals surface area contributed by atoms with Crippen LogP contribution in [0.1, 0.15) is 24.2 Å². The van der Waals surface area contributed by atoms with E-state index in [0.29, 0.717) is 22.9 Å². The number of hydrogen-bond donors (Lipinski definition) is 1. The Morgan fingerprint density at radius 3 is 2.50 bits per heavy atom. The molecule has 0 saturated carbocycles. The quantitative estimate of drug-likeness (QED) is 0.452. The van der Waals surface area contributed by atoms with Crippen molar-refractivity contribution in [3.63, 3.8) is 0 Å². The molecule has 0 aliphatic carbocycles. The van der Waals surface area contributed by atoms with Gasteiger partial charge in [-0.2, -0.15) is 13.2 Å². The minimum absolute atomic E-state index is 0.00948. The highest BCUT2D eigenvalue weighted by molar-refractivity contribution is 5.78. The molecule has 0 amide bonds. The van der Waals surface area contributed by atoms with Crippen LogP contribution in [0.2, 0.25) is 0 Å². The van der Waals surface area contributed by atoms with Gasteiger partial charge in [0.15, 0.2) is 5.82 Å². The monoisotopic (exact) mass is 453 g/mol. The highest BCUT2D eigenvalue weighted by Gasteiger charge is 2.27. The molecular weight excluding hydrogens is 433 g/mol. The molecule has 0 unspecified atom stereocenters. The van der Waals surface area contributed by atoms with Crippen LogP contribution in [0.5, 0.6) is 0 Å². The fourth-order valence-electron chi connectivity index (χ4n) is 3.92. The van der Waals surface area contributed by atoms with Crippen LogP contribution in [0.15, 0.2) is 35.1 Å². The van der Waals surface area contributed by atoms with E-state index in [0.717, 1.165) is 20.8 Å². The third-order valence-electron chi connectivity index (χ3n) is 5.42. The second kappa shape index (κ2) is 8.05. The first-order chi connectivity index (χ1) is 15.1. The van der Waals surface area contributed by atoms with Gasteiger partial charge in [-0.15, -0.1) is 0 Å². The predicted molar refractivity (Wildman–Crippen MR) is 109 cm³/mol. The van der Waals surface area contributed by atoms with E-state index in [-0.39, 0.29) is 37.1 Å². The number of nitrogens with zero attached hydrogens (tertiary/aromatic N) is 4. The topological polar surface area (TPSA) is 70.8 Å². The van der Waals surface area contributed by atoms with Gasteiger partial charge >= 0.3 is 11.9 Å². The van der Waals surface area contributed by atoms with E-state index >= 15 is 0 Å². The molecule has 0 radical (unpaired) electrons. The van der Waals surface area contributed by atoms with Crippen LogP contribution in [0.3, 0.4) is 0 Å². The van der Waals surface area contributed by atoms with Crippen molar-refractivity contribution in [3.05, 3.63) is 63.8 Å². The molecule has 4 aromatic rings. The van der Waals surface area contributed by atoms with Crippen molar-refractivity contribution in [1.29, 1.82) is 0 Å². The number of hydrogen-bond acceptors (Lipinski definition) is 3. The number of fused-ring (bicyclic) bond motifs is 2. The van der Waals surface area contributed by atoms with E-state index in [1.165, 1.54) is 7.05 Å². The number of alkyl halides is 3. The van der Waals surface area contributed by atoms with Crippen LogP contribution in [0.4, 0.5) is 22.0 Å². The highest BCUT2D eigenvalue weighted by Crippen LogP contribution is 2.25. The summed E-state index contributed by atoms with van der Waals surface area (Å²) in [6.45, 7) is 0.0980. The maximum Gasteiger partial charge on any atom is 0.389 e. The molecule has 32 heavy (non-hydrogen) atoms. The van der Waals surface area contributed by atoms with Crippen LogP contribution < -0.4 is 11.4 Å². The Hall–Kier alpha value is -3.21. The molecule has 6 nitrogen and oxygen atoms in total. The van der Waals surface area contributed by atoms with Gasteiger partial charge in [0.2, 0.25) is 0 Å². The van der Waals surface area contributed by atoms with Crippen molar-refractivity contribution in [2.24, 2.45) is 12.8 Å². The second-order valence-corrected chi connectivity index (χ2v) is 7.61. The maximum absolute atomic E-state index is 14.3. The molecule has 11 heteroatoms. The Bertz CT molecular complexity index is 1370. The predicted octanol–water partition coefficient (Wildman–Crippen LogP) is 3.82. The van der Waals surface area contributed by atoms with Gasteiger partial charge in [-0.1, -0.05) is 6.07 Å². The van der Waals surface area contributed by atoms with Crippen molar-refractivity contribution in [2.45, 2.75) is 38.7 Å². The van der Waals surface area contributed by atoms with Crippen molar-refractivity contribution >= 4 is 22.1 Å². The Balaban J connectivity index is 1.83. The minimum atomic E-state index is -4.30. The summed E-state index contributed by atoms with van der Waals surface area (Å²) in [5.74, 6) is -1.43. The van der Waals surface area contributed by atoms with Gasteiger partial charge < -0.3 is 10.3 Å². The number of benzene rings is 2. The first-order valence-electron chi connectivity index (χ1n) is 9.88. The van der Waals surface area contributed by atoms with Crippen LogP contribution in [-0.4, -0.2) is 24.9 Å². The summed E-state index contributed by atoms with van der Waals surface area (Å²) in [6, 6.07) is 6.93. The Kier molecular flexibility index (Phi) is 5.53. The number of aryl methyl sites for hydroxylation is 2. The molecule has 4 rings (SSSR count). The molecule has 2 heterocycles. The Morgan fingerprint density at radius 1 is 1.06 bits per heavy atom. The standard InChI is InChI=1S/C21H20F5N5O/c1-29-19-14(23)8-13(22)9-17(19)31(20(29)32)11-18-28-15-7-12(10-27)3-4-16(15)30(18)6-2-5-21(24,25)26/h3-4,7-9H,2,5-6,10-11,27H2,1H3. The maximum atomic E-state index is 14.3. The molecule has 2 aromatic carbocycles. The summed E-state index contributed by atoms with van der Waals surface area (Å²) in [4.78, 5) is 17.3. The number of aromatic nitrogens is 4. The third kappa shape index (κ3) is 3.99. The average Bonchev–Trinajstić information content (AvgIpc) is 3.16. The molecule has 0 fully saturated rings. The van der Waals surface area contributed by atoms with Crippen molar-refractivity contribution in [1.82, 2.24) is 18.7 Å². The molecule has 0 aliphatic rings. The lowest BCUT2D eigenvalue weighted by molar-refractivity contribution is -0.135. The van der Waals surface area contributed by atoms with Crippen molar-refractivity contribution < 1.29 is 22.0 Å².